The van der Waals surface area contributed by atoms with Gasteiger partial charge in [-0.15, -0.1) is 11.3 Å². The molecular formula is C17H17NOS. The average molecular weight is 283 g/mol. The topological polar surface area (TPSA) is 23.5 Å². The van der Waals surface area contributed by atoms with Crippen LogP contribution in [0.5, 0.6) is 0 Å². The normalized spacial score (nSPS) is 13.6. The first-order chi connectivity index (χ1) is 9.88. The lowest BCUT2D eigenvalue weighted by molar-refractivity contribution is 0.350. The van der Waals surface area contributed by atoms with Crippen molar-refractivity contribution in [1.29, 1.82) is 0 Å². The van der Waals surface area contributed by atoms with Crippen LogP contribution in [0.4, 0.5) is 5.69 Å². The number of para-hydroxylation sites is 1. The average Bonchev–Trinajstić information content (AvgIpc) is 2.93. The molecule has 0 saturated heterocycles. The van der Waals surface area contributed by atoms with Crippen LogP contribution in [-0.2, 0) is 13.0 Å². The highest BCUT2D eigenvalue weighted by Gasteiger charge is 2.17. The van der Waals surface area contributed by atoms with E-state index in [9.17, 15) is 0 Å². The van der Waals surface area contributed by atoms with E-state index in [0.29, 0.717) is 0 Å². The third-order valence-corrected chi connectivity index (χ3v) is 4.49. The number of rotatable bonds is 2. The molecule has 102 valence electrons. The van der Waals surface area contributed by atoms with Gasteiger partial charge in [-0.3, -0.25) is 0 Å². The lowest BCUT2D eigenvalue weighted by Gasteiger charge is -2.31. The van der Waals surface area contributed by atoms with E-state index in [1.165, 1.54) is 29.0 Å². The Balaban J connectivity index is 1.84. The molecule has 1 aromatic heterocycles. The maximum absolute atomic E-state index is 8.83. The van der Waals surface area contributed by atoms with E-state index < -0.39 is 0 Å². The first kappa shape index (κ1) is 13.2. The molecule has 1 aliphatic heterocycles. The Morgan fingerprint density at radius 2 is 2.15 bits per heavy atom. The number of anilines is 1. The quantitative estimate of drug-likeness (QED) is 0.856. The van der Waals surface area contributed by atoms with Crippen LogP contribution in [0, 0.1) is 11.8 Å². The molecular weight excluding hydrogens is 266 g/mol. The summed E-state index contributed by atoms with van der Waals surface area (Å²) in [6.07, 6.45) is 2.38. The third-order valence-electron chi connectivity index (χ3n) is 3.59. The van der Waals surface area contributed by atoms with Gasteiger partial charge in [0.1, 0.15) is 6.61 Å². The van der Waals surface area contributed by atoms with E-state index in [2.05, 4.69) is 46.4 Å². The van der Waals surface area contributed by atoms with Crippen LogP contribution in [0.2, 0.25) is 0 Å². The molecule has 0 bridgehead atoms. The molecule has 20 heavy (non-hydrogen) atoms. The maximum Gasteiger partial charge on any atom is 0.104 e. The van der Waals surface area contributed by atoms with Gasteiger partial charge in [-0.25, -0.2) is 0 Å². The summed E-state index contributed by atoms with van der Waals surface area (Å²) in [6.45, 7) is 1.92. The fourth-order valence-electron chi connectivity index (χ4n) is 2.66. The summed E-state index contributed by atoms with van der Waals surface area (Å²) in [5.41, 5.74) is 3.85. The summed E-state index contributed by atoms with van der Waals surface area (Å²) < 4.78 is 0. The number of nitrogens with zero attached hydrogens (tertiary/aromatic N) is 1. The summed E-state index contributed by atoms with van der Waals surface area (Å²) in [7, 11) is 0. The Bertz CT molecular complexity index is 650. The van der Waals surface area contributed by atoms with Crippen LogP contribution in [0.3, 0.4) is 0 Å². The molecule has 0 amide bonds. The van der Waals surface area contributed by atoms with Crippen molar-refractivity contribution < 1.29 is 5.11 Å². The Morgan fingerprint density at radius 3 is 3.05 bits per heavy atom. The van der Waals surface area contributed by atoms with Gasteiger partial charge in [-0.2, -0.15) is 0 Å². The van der Waals surface area contributed by atoms with Crippen molar-refractivity contribution in [3.8, 4) is 11.8 Å². The van der Waals surface area contributed by atoms with Crippen molar-refractivity contribution in [2.75, 3.05) is 18.1 Å². The summed E-state index contributed by atoms with van der Waals surface area (Å²) >= 11 is 1.74. The van der Waals surface area contributed by atoms with Crippen molar-refractivity contribution in [3.05, 3.63) is 51.7 Å². The smallest absolute Gasteiger partial charge is 0.104 e. The molecule has 0 unspecified atom stereocenters. The number of hydrogen-bond donors (Lipinski definition) is 1. The van der Waals surface area contributed by atoms with Gasteiger partial charge in [0.15, 0.2) is 0 Å². The molecule has 0 saturated carbocycles. The van der Waals surface area contributed by atoms with Crippen molar-refractivity contribution >= 4 is 17.0 Å². The van der Waals surface area contributed by atoms with Crippen molar-refractivity contribution in [2.24, 2.45) is 0 Å². The molecule has 0 spiro atoms. The number of benzene rings is 1. The molecule has 0 atom stereocenters. The fourth-order valence-corrected chi connectivity index (χ4v) is 3.50. The van der Waals surface area contributed by atoms with E-state index in [4.69, 9.17) is 5.11 Å². The predicted molar refractivity (Wildman–Crippen MR) is 84.1 cm³/mol. The zero-order chi connectivity index (χ0) is 13.8. The van der Waals surface area contributed by atoms with Crippen LogP contribution in [0.1, 0.15) is 22.4 Å². The van der Waals surface area contributed by atoms with Gasteiger partial charge in [0.2, 0.25) is 0 Å². The predicted octanol–water partition coefficient (Wildman–Crippen LogP) is 3.04. The van der Waals surface area contributed by atoms with Crippen LogP contribution in [-0.4, -0.2) is 18.3 Å². The van der Waals surface area contributed by atoms with E-state index in [1.807, 2.05) is 6.07 Å². The highest BCUT2D eigenvalue weighted by atomic mass is 32.1. The molecule has 0 aliphatic carbocycles. The Hall–Kier alpha value is -1.76. The van der Waals surface area contributed by atoms with Crippen LogP contribution >= 0.6 is 11.3 Å². The van der Waals surface area contributed by atoms with Crippen molar-refractivity contribution in [1.82, 2.24) is 0 Å². The minimum Gasteiger partial charge on any atom is -0.384 e. The van der Waals surface area contributed by atoms with Crippen molar-refractivity contribution in [3.63, 3.8) is 0 Å². The van der Waals surface area contributed by atoms with E-state index in [1.54, 1.807) is 11.3 Å². The molecule has 0 fully saturated rings. The van der Waals surface area contributed by atoms with Gasteiger partial charge in [-0.1, -0.05) is 30.0 Å². The standard InChI is InChI=1S/C17H17NOS/c19-11-4-7-15-9-12-20-17(15)13-18-10-3-6-14-5-1-2-8-16(14)18/h1-2,5,8-9,12,19H,3,6,10-11,13H2. The van der Waals surface area contributed by atoms with Gasteiger partial charge >= 0.3 is 0 Å². The van der Waals surface area contributed by atoms with E-state index in [-0.39, 0.29) is 6.61 Å². The summed E-state index contributed by atoms with van der Waals surface area (Å²) in [6, 6.07) is 10.7. The largest absolute Gasteiger partial charge is 0.384 e. The molecule has 2 heterocycles. The van der Waals surface area contributed by atoms with Gasteiger partial charge in [0, 0.05) is 22.7 Å². The van der Waals surface area contributed by atoms with E-state index in [0.717, 1.165) is 18.7 Å². The zero-order valence-electron chi connectivity index (χ0n) is 11.3. The fraction of sp³-hybridized carbons (Fsp3) is 0.294. The zero-order valence-corrected chi connectivity index (χ0v) is 12.1. The first-order valence-electron chi connectivity index (χ1n) is 6.87. The monoisotopic (exact) mass is 283 g/mol. The molecule has 3 rings (SSSR count). The molecule has 2 aromatic rings. The van der Waals surface area contributed by atoms with Crippen LogP contribution < -0.4 is 4.90 Å². The molecule has 1 N–H and O–H groups in total. The summed E-state index contributed by atoms with van der Waals surface area (Å²) in [4.78, 5) is 3.72. The summed E-state index contributed by atoms with van der Waals surface area (Å²) in [5.74, 6) is 5.78. The SMILES string of the molecule is OCC#Cc1ccsc1CN1CCCc2ccccc21. The van der Waals surface area contributed by atoms with E-state index >= 15 is 0 Å². The van der Waals surface area contributed by atoms with Gasteiger partial charge in [-0.05, 0) is 35.9 Å². The lowest BCUT2D eigenvalue weighted by Crippen LogP contribution is -2.28. The molecule has 2 nitrogen and oxygen atoms in total. The van der Waals surface area contributed by atoms with Gasteiger partial charge < -0.3 is 10.0 Å². The van der Waals surface area contributed by atoms with Gasteiger partial charge in [0.25, 0.3) is 0 Å². The summed E-state index contributed by atoms with van der Waals surface area (Å²) in [5, 5.41) is 10.9. The number of thiophene rings is 1. The first-order valence-corrected chi connectivity index (χ1v) is 7.75. The molecule has 0 radical (unpaired) electrons. The number of aliphatic hydroxyl groups excluding tert-OH is 1. The number of aliphatic hydroxyl groups is 1. The highest BCUT2D eigenvalue weighted by Crippen LogP contribution is 2.29. The lowest BCUT2D eigenvalue weighted by atomic mass is 10.0. The second-order valence-corrected chi connectivity index (χ2v) is 5.87. The third kappa shape index (κ3) is 2.72. The second kappa shape index (κ2) is 6.13. The Kier molecular flexibility index (Phi) is 4.05. The van der Waals surface area contributed by atoms with Gasteiger partial charge in [0.05, 0.1) is 6.54 Å². The van der Waals surface area contributed by atoms with Crippen LogP contribution in [0.25, 0.3) is 0 Å². The highest BCUT2D eigenvalue weighted by molar-refractivity contribution is 7.10. The van der Waals surface area contributed by atoms with Crippen molar-refractivity contribution in [2.45, 2.75) is 19.4 Å². The number of hydrogen-bond acceptors (Lipinski definition) is 3. The molecule has 1 aromatic carbocycles. The molecule has 3 heteroatoms. The molecule has 1 aliphatic rings. The second-order valence-electron chi connectivity index (χ2n) is 4.87. The minimum atomic E-state index is -0.0815. The Morgan fingerprint density at radius 1 is 1.25 bits per heavy atom. The number of aryl methyl sites for hydroxylation is 1. The van der Waals surface area contributed by atoms with Crippen LogP contribution in [0.15, 0.2) is 35.7 Å². The maximum atomic E-state index is 8.83. The Labute approximate surface area is 123 Å². The minimum absolute atomic E-state index is 0.0815. The number of fused-ring (bicyclic) bond motifs is 1.